The van der Waals surface area contributed by atoms with Crippen LogP contribution in [-0.4, -0.2) is 27.3 Å². The highest BCUT2D eigenvalue weighted by Crippen LogP contribution is 2.33. The van der Waals surface area contributed by atoms with E-state index in [0.29, 0.717) is 22.1 Å². The van der Waals surface area contributed by atoms with E-state index in [1.54, 1.807) is 12.1 Å². The second-order valence-corrected chi connectivity index (χ2v) is 3.43. The Morgan fingerprint density at radius 3 is 2.44 bits per heavy atom. The predicted octanol–water partition coefficient (Wildman–Crippen LogP) is 2.07. The fourth-order valence-corrected chi connectivity index (χ4v) is 1.50. The number of carbonyl (C=O) groups is 1. The summed E-state index contributed by atoms with van der Waals surface area (Å²) in [5.74, 6) is 0.692. The van der Waals surface area contributed by atoms with Gasteiger partial charge in [-0.25, -0.2) is 0 Å². The minimum Gasteiger partial charge on any atom is -0.497 e. The van der Waals surface area contributed by atoms with E-state index in [1.165, 1.54) is 21.3 Å². The molecule has 0 saturated carbocycles. The number of ether oxygens (including phenoxy) is 3. The zero-order chi connectivity index (χ0) is 12.1. The lowest BCUT2D eigenvalue weighted by atomic mass is 10.1. The summed E-state index contributed by atoms with van der Waals surface area (Å²) in [6.07, 6.45) is 0.0862. The van der Waals surface area contributed by atoms with Gasteiger partial charge in [0.25, 0.3) is 0 Å². The largest absolute Gasteiger partial charge is 0.497 e. The summed E-state index contributed by atoms with van der Waals surface area (Å²) in [5, 5.41) is 0.397. The number of hydrogen-bond donors (Lipinski definition) is 0. The van der Waals surface area contributed by atoms with Gasteiger partial charge in [0.1, 0.15) is 11.5 Å². The molecule has 0 fully saturated rings. The zero-order valence-corrected chi connectivity index (χ0v) is 10.1. The molecule has 0 N–H and O–H groups in total. The molecule has 88 valence electrons. The van der Waals surface area contributed by atoms with E-state index in [9.17, 15) is 4.79 Å². The Labute approximate surface area is 99.1 Å². The summed E-state index contributed by atoms with van der Waals surface area (Å²) in [7, 11) is 4.36. The van der Waals surface area contributed by atoms with Crippen molar-refractivity contribution in [2.75, 3.05) is 21.3 Å². The summed E-state index contributed by atoms with van der Waals surface area (Å²) in [6.45, 7) is 0. The molecule has 1 rings (SSSR count). The average molecular weight is 245 g/mol. The van der Waals surface area contributed by atoms with Crippen molar-refractivity contribution in [2.24, 2.45) is 0 Å². The Morgan fingerprint density at radius 1 is 1.25 bits per heavy atom. The van der Waals surface area contributed by atoms with Gasteiger partial charge >= 0.3 is 5.97 Å². The normalized spacial score (nSPS) is 9.75. The molecular formula is C11H13ClO4. The van der Waals surface area contributed by atoms with Crippen molar-refractivity contribution in [1.82, 2.24) is 0 Å². The van der Waals surface area contributed by atoms with Crippen LogP contribution in [0.5, 0.6) is 11.5 Å². The molecule has 16 heavy (non-hydrogen) atoms. The Balaban J connectivity index is 3.10. The van der Waals surface area contributed by atoms with Crippen molar-refractivity contribution in [2.45, 2.75) is 6.42 Å². The third-order valence-electron chi connectivity index (χ3n) is 2.11. The first-order chi connectivity index (χ1) is 7.62. The van der Waals surface area contributed by atoms with Gasteiger partial charge in [-0.3, -0.25) is 4.79 Å². The Kier molecular flexibility index (Phi) is 4.43. The van der Waals surface area contributed by atoms with Gasteiger partial charge in [-0.15, -0.1) is 0 Å². The molecule has 0 aliphatic carbocycles. The van der Waals surface area contributed by atoms with Crippen molar-refractivity contribution >= 4 is 17.6 Å². The fourth-order valence-electron chi connectivity index (χ4n) is 1.25. The molecule has 0 bridgehead atoms. The highest BCUT2D eigenvalue weighted by atomic mass is 35.5. The van der Waals surface area contributed by atoms with E-state index in [1.807, 2.05) is 0 Å². The molecule has 1 aromatic carbocycles. The second-order valence-electron chi connectivity index (χ2n) is 3.06. The minimum absolute atomic E-state index is 0.0862. The minimum atomic E-state index is -0.364. The predicted molar refractivity (Wildman–Crippen MR) is 60.3 cm³/mol. The van der Waals surface area contributed by atoms with Crippen LogP contribution in [0, 0.1) is 0 Å². The average Bonchev–Trinajstić information content (AvgIpc) is 2.31. The standard InChI is InChI=1S/C11H13ClO4/c1-14-8-4-7(5-10(13)16-3)11(12)9(6-8)15-2/h4,6H,5H2,1-3H3. The molecular weight excluding hydrogens is 232 g/mol. The molecule has 0 aliphatic rings. The molecule has 4 nitrogen and oxygen atoms in total. The van der Waals surface area contributed by atoms with Crippen molar-refractivity contribution in [3.63, 3.8) is 0 Å². The molecule has 0 spiro atoms. The molecule has 0 amide bonds. The summed E-state index contributed by atoms with van der Waals surface area (Å²) >= 11 is 6.05. The topological polar surface area (TPSA) is 44.8 Å². The van der Waals surface area contributed by atoms with E-state index in [4.69, 9.17) is 21.1 Å². The van der Waals surface area contributed by atoms with Crippen molar-refractivity contribution in [3.05, 3.63) is 22.7 Å². The Hall–Kier alpha value is -1.42. The summed E-state index contributed by atoms with van der Waals surface area (Å²) in [5.41, 5.74) is 0.615. The first-order valence-corrected chi connectivity index (χ1v) is 4.97. The molecule has 5 heteroatoms. The van der Waals surface area contributed by atoms with Crippen LogP contribution in [-0.2, 0) is 16.0 Å². The van der Waals surface area contributed by atoms with Crippen molar-refractivity contribution in [1.29, 1.82) is 0 Å². The highest BCUT2D eigenvalue weighted by molar-refractivity contribution is 6.33. The van der Waals surface area contributed by atoms with E-state index in [0.717, 1.165) is 0 Å². The maximum absolute atomic E-state index is 11.2. The third kappa shape index (κ3) is 2.79. The van der Waals surface area contributed by atoms with Crippen LogP contribution in [0.15, 0.2) is 12.1 Å². The monoisotopic (exact) mass is 244 g/mol. The lowest BCUT2D eigenvalue weighted by Gasteiger charge is -2.10. The van der Waals surface area contributed by atoms with E-state index < -0.39 is 0 Å². The van der Waals surface area contributed by atoms with Gasteiger partial charge in [0.05, 0.1) is 32.8 Å². The van der Waals surface area contributed by atoms with Crippen LogP contribution in [0.3, 0.4) is 0 Å². The van der Waals surface area contributed by atoms with E-state index in [2.05, 4.69) is 4.74 Å². The molecule has 0 heterocycles. The van der Waals surface area contributed by atoms with Gasteiger partial charge < -0.3 is 14.2 Å². The fraction of sp³-hybridized carbons (Fsp3) is 0.364. The SMILES string of the molecule is COC(=O)Cc1cc(OC)cc(OC)c1Cl. The van der Waals surface area contributed by atoms with Gasteiger partial charge in [0, 0.05) is 6.07 Å². The second kappa shape index (κ2) is 5.61. The van der Waals surface area contributed by atoms with E-state index >= 15 is 0 Å². The van der Waals surface area contributed by atoms with Crippen LogP contribution < -0.4 is 9.47 Å². The van der Waals surface area contributed by atoms with Crippen LogP contribution in [0.4, 0.5) is 0 Å². The van der Waals surface area contributed by atoms with Gasteiger partial charge in [0.2, 0.25) is 0 Å². The number of esters is 1. The molecule has 0 saturated heterocycles. The highest BCUT2D eigenvalue weighted by Gasteiger charge is 2.13. The van der Waals surface area contributed by atoms with Gasteiger partial charge in [-0.1, -0.05) is 11.6 Å². The molecule has 0 unspecified atom stereocenters. The maximum Gasteiger partial charge on any atom is 0.310 e. The van der Waals surface area contributed by atoms with Crippen LogP contribution in [0.1, 0.15) is 5.56 Å². The number of benzene rings is 1. The number of rotatable bonds is 4. The van der Waals surface area contributed by atoms with Crippen molar-refractivity contribution < 1.29 is 19.0 Å². The zero-order valence-electron chi connectivity index (χ0n) is 9.37. The first kappa shape index (κ1) is 12.6. The lowest BCUT2D eigenvalue weighted by Crippen LogP contribution is -2.05. The van der Waals surface area contributed by atoms with E-state index in [-0.39, 0.29) is 12.4 Å². The smallest absolute Gasteiger partial charge is 0.310 e. The number of hydrogen-bond acceptors (Lipinski definition) is 4. The van der Waals surface area contributed by atoms with Crippen molar-refractivity contribution in [3.8, 4) is 11.5 Å². The molecule has 0 aliphatic heterocycles. The van der Waals surface area contributed by atoms with Crippen LogP contribution >= 0.6 is 11.6 Å². The Bertz CT molecular complexity index is 390. The van der Waals surface area contributed by atoms with Gasteiger partial charge in [0.15, 0.2) is 0 Å². The first-order valence-electron chi connectivity index (χ1n) is 4.59. The number of halogens is 1. The molecule has 1 aromatic rings. The third-order valence-corrected chi connectivity index (χ3v) is 2.54. The van der Waals surface area contributed by atoms with Gasteiger partial charge in [-0.2, -0.15) is 0 Å². The lowest BCUT2D eigenvalue weighted by molar-refractivity contribution is -0.139. The maximum atomic E-state index is 11.2. The summed E-state index contributed by atoms with van der Waals surface area (Å²) in [4.78, 5) is 11.2. The quantitative estimate of drug-likeness (QED) is 0.761. The molecule has 0 atom stereocenters. The number of carbonyl (C=O) groups excluding carboxylic acids is 1. The molecule has 0 aromatic heterocycles. The van der Waals surface area contributed by atoms with Gasteiger partial charge in [-0.05, 0) is 11.6 Å². The summed E-state index contributed by atoms with van der Waals surface area (Å²) in [6, 6.07) is 3.34. The summed E-state index contributed by atoms with van der Waals surface area (Å²) < 4.78 is 14.7. The molecule has 0 radical (unpaired) electrons. The number of methoxy groups -OCH3 is 3. The Morgan fingerprint density at radius 2 is 1.94 bits per heavy atom. The van der Waals surface area contributed by atoms with Crippen LogP contribution in [0.2, 0.25) is 5.02 Å². The van der Waals surface area contributed by atoms with Crippen LogP contribution in [0.25, 0.3) is 0 Å².